The van der Waals surface area contributed by atoms with Crippen LogP contribution in [0.4, 0.5) is 0 Å². The highest BCUT2D eigenvalue weighted by molar-refractivity contribution is 5.91. The molecule has 1 N–H and O–H groups in total. The van der Waals surface area contributed by atoms with Gasteiger partial charge in [0.15, 0.2) is 6.61 Å². The molecule has 0 saturated carbocycles. The van der Waals surface area contributed by atoms with Crippen molar-refractivity contribution in [1.29, 1.82) is 0 Å². The predicted molar refractivity (Wildman–Crippen MR) is 99.5 cm³/mol. The Labute approximate surface area is 158 Å². The van der Waals surface area contributed by atoms with Gasteiger partial charge in [0.05, 0.1) is 11.7 Å². The minimum absolute atomic E-state index is 0.0630. The zero-order valence-corrected chi connectivity index (χ0v) is 15.1. The van der Waals surface area contributed by atoms with E-state index in [0.717, 1.165) is 25.0 Å². The molecule has 1 amide bonds. The monoisotopic (exact) mass is 369 g/mol. The molecule has 0 bridgehead atoms. The SMILES string of the molecule is O=C(COC(=O)c1ccc(OCc2ccccc2)cc1)NC[C@H]1CCCO1. The van der Waals surface area contributed by atoms with Crippen LogP contribution in [-0.4, -0.2) is 37.7 Å². The molecule has 1 aliphatic rings. The largest absolute Gasteiger partial charge is 0.489 e. The predicted octanol–water partition coefficient (Wildman–Crippen LogP) is 2.72. The lowest BCUT2D eigenvalue weighted by Gasteiger charge is -2.11. The first-order valence-electron chi connectivity index (χ1n) is 9.03. The Balaban J connectivity index is 1.39. The molecule has 6 nitrogen and oxygen atoms in total. The van der Waals surface area contributed by atoms with Crippen molar-refractivity contribution in [3.8, 4) is 5.75 Å². The normalized spacial score (nSPS) is 15.9. The third kappa shape index (κ3) is 6.11. The van der Waals surface area contributed by atoms with Crippen molar-refractivity contribution in [2.24, 2.45) is 0 Å². The average molecular weight is 369 g/mol. The van der Waals surface area contributed by atoms with Crippen LogP contribution in [0.5, 0.6) is 5.75 Å². The van der Waals surface area contributed by atoms with Crippen LogP contribution in [0, 0.1) is 0 Å². The molecule has 1 saturated heterocycles. The maximum absolute atomic E-state index is 12.0. The minimum Gasteiger partial charge on any atom is -0.489 e. The summed E-state index contributed by atoms with van der Waals surface area (Å²) >= 11 is 0. The quantitative estimate of drug-likeness (QED) is 0.724. The van der Waals surface area contributed by atoms with E-state index in [0.29, 0.717) is 24.5 Å². The van der Waals surface area contributed by atoms with Crippen molar-refractivity contribution >= 4 is 11.9 Å². The third-order valence-electron chi connectivity index (χ3n) is 4.22. The Bertz CT molecular complexity index is 739. The van der Waals surface area contributed by atoms with Crippen LogP contribution in [0.15, 0.2) is 54.6 Å². The highest BCUT2D eigenvalue weighted by atomic mass is 16.5. The Morgan fingerprint density at radius 2 is 1.85 bits per heavy atom. The van der Waals surface area contributed by atoms with Crippen LogP contribution in [0.25, 0.3) is 0 Å². The number of esters is 1. The smallest absolute Gasteiger partial charge is 0.338 e. The molecule has 142 valence electrons. The second kappa shape index (κ2) is 9.73. The summed E-state index contributed by atoms with van der Waals surface area (Å²) in [7, 11) is 0. The maximum Gasteiger partial charge on any atom is 0.338 e. The number of ether oxygens (including phenoxy) is 3. The van der Waals surface area contributed by atoms with Gasteiger partial charge in [0.2, 0.25) is 0 Å². The van der Waals surface area contributed by atoms with Crippen LogP contribution in [0.1, 0.15) is 28.8 Å². The van der Waals surface area contributed by atoms with E-state index in [1.165, 1.54) is 0 Å². The lowest BCUT2D eigenvalue weighted by Crippen LogP contribution is -2.34. The Kier molecular flexibility index (Phi) is 6.82. The van der Waals surface area contributed by atoms with Gasteiger partial charge in [0.1, 0.15) is 12.4 Å². The van der Waals surface area contributed by atoms with Gasteiger partial charge in [-0.3, -0.25) is 4.79 Å². The first kappa shape index (κ1) is 18.9. The van der Waals surface area contributed by atoms with Crippen molar-refractivity contribution in [1.82, 2.24) is 5.32 Å². The standard InChI is InChI=1S/C21H23NO5/c23-20(22-13-19-7-4-12-25-19)15-27-21(24)17-8-10-18(11-9-17)26-14-16-5-2-1-3-6-16/h1-3,5-6,8-11,19H,4,7,12-15H2,(H,22,23)/t19-/m1/s1. The van der Waals surface area contributed by atoms with Crippen molar-refractivity contribution in [3.05, 3.63) is 65.7 Å². The number of benzene rings is 2. The van der Waals surface area contributed by atoms with E-state index >= 15 is 0 Å². The Morgan fingerprint density at radius 1 is 1.07 bits per heavy atom. The molecule has 3 rings (SSSR count). The minimum atomic E-state index is -0.545. The van der Waals surface area contributed by atoms with Gasteiger partial charge in [-0.05, 0) is 42.7 Å². The molecule has 0 radical (unpaired) electrons. The Morgan fingerprint density at radius 3 is 2.56 bits per heavy atom. The van der Waals surface area contributed by atoms with Gasteiger partial charge >= 0.3 is 5.97 Å². The summed E-state index contributed by atoms with van der Waals surface area (Å²) in [6.07, 6.45) is 2.02. The van der Waals surface area contributed by atoms with E-state index in [1.807, 2.05) is 30.3 Å². The number of nitrogens with one attached hydrogen (secondary N) is 1. The van der Waals surface area contributed by atoms with Crippen molar-refractivity contribution < 1.29 is 23.8 Å². The fourth-order valence-corrected chi connectivity index (χ4v) is 2.73. The molecule has 0 unspecified atom stereocenters. The van der Waals surface area contributed by atoms with Gasteiger partial charge in [0.25, 0.3) is 5.91 Å². The second-order valence-electron chi connectivity index (χ2n) is 6.31. The van der Waals surface area contributed by atoms with Crippen molar-refractivity contribution in [3.63, 3.8) is 0 Å². The molecule has 1 atom stereocenters. The van der Waals surface area contributed by atoms with Crippen molar-refractivity contribution in [2.75, 3.05) is 19.8 Å². The summed E-state index contributed by atoms with van der Waals surface area (Å²) in [5.74, 6) is -0.219. The third-order valence-corrected chi connectivity index (χ3v) is 4.22. The van der Waals surface area contributed by atoms with Gasteiger partial charge in [-0.15, -0.1) is 0 Å². The molecule has 1 heterocycles. The van der Waals surface area contributed by atoms with Crippen molar-refractivity contribution in [2.45, 2.75) is 25.6 Å². The first-order valence-corrected chi connectivity index (χ1v) is 9.03. The molecule has 1 fully saturated rings. The summed E-state index contributed by atoms with van der Waals surface area (Å²) in [4.78, 5) is 23.8. The second-order valence-corrected chi connectivity index (χ2v) is 6.31. The molecule has 2 aromatic carbocycles. The van der Waals surface area contributed by atoms with E-state index in [9.17, 15) is 9.59 Å². The highest BCUT2D eigenvalue weighted by Gasteiger charge is 2.17. The lowest BCUT2D eigenvalue weighted by atomic mass is 10.2. The molecular weight excluding hydrogens is 346 g/mol. The molecular formula is C21H23NO5. The number of hydrogen-bond donors (Lipinski definition) is 1. The lowest BCUT2D eigenvalue weighted by molar-refractivity contribution is -0.124. The molecule has 2 aromatic rings. The first-order chi connectivity index (χ1) is 13.2. The summed E-state index contributed by atoms with van der Waals surface area (Å²) in [6, 6.07) is 16.5. The van der Waals surface area contributed by atoms with Crippen LogP contribution >= 0.6 is 0 Å². The van der Waals surface area contributed by atoms with Gasteiger partial charge < -0.3 is 19.5 Å². The van der Waals surface area contributed by atoms with Crippen LogP contribution in [-0.2, 0) is 20.9 Å². The van der Waals surface area contributed by atoms with Gasteiger partial charge in [0, 0.05) is 13.2 Å². The molecule has 0 aromatic heterocycles. The molecule has 1 aliphatic heterocycles. The average Bonchev–Trinajstić information content (AvgIpc) is 3.24. The molecule has 0 aliphatic carbocycles. The van der Waals surface area contributed by atoms with Gasteiger partial charge in [-0.1, -0.05) is 30.3 Å². The summed E-state index contributed by atoms with van der Waals surface area (Å²) in [6.45, 7) is 1.33. The zero-order valence-electron chi connectivity index (χ0n) is 15.1. The molecule has 0 spiro atoms. The number of rotatable bonds is 8. The van der Waals surface area contributed by atoms with E-state index in [4.69, 9.17) is 14.2 Å². The van der Waals surface area contributed by atoms with E-state index in [-0.39, 0.29) is 18.6 Å². The van der Waals surface area contributed by atoms with E-state index in [2.05, 4.69) is 5.32 Å². The van der Waals surface area contributed by atoms with Crippen LogP contribution in [0.2, 0.25) is 0 Å². The van der Waals surface area contributed by atoms with Gasteiger partial charge in [-0.25, -0.2) is 4.79 Å². The summed E-state index contributed by atoms with van der Waals surface area (Å²) < 4.78 is 16.1. The van der Waals surface area contributed by atoms with Crippen LogP contribution < -0.4 is 10.1 Å². The number of carbonyl (C=O) groups is 2. The van der Waals surface area contributed by atoms with E-state index < -0.39 is 5.97 Å². The topological polar surface area (TPSA) is 73.9 Å². The van der Waals surface area contributed by atoms with Gasteiger partial charge in [-0.2, -0.15) is 0 Å². The fraction of sp³-hybridized carbons (Fsp3) is 0.333. The Hall–Kier alpha value is -2.86. The maximum atomic E-state index is 12.0. The number of carbonyl (C=O) groups excluding carboxylic acids is 2. The summed E-state index contributed by atoms with van der Waals surface area (Å²) in [5.41, 5.74) is 1.43. The summed E-state index contributed by atoms with van der Waals surface area (Å²) in [5, 5.41) is 2.71. The van der Waals surface area contributed by atoms with E-state index in [1.54, 1.807) is 24.3 Å². The fourth-order valence-electron chi connectivity index (χ4n) is 2.73. The number of hydrogen-bond acceptors (Lipinski definition) is 5. The molecule has 27 heavy (non-hydrogen) atoms. The highest BCUT2D eigenvalue weighted by Crippen LogP contribution is 2.15. The number of amides is 1. The molecule has 6 heteroatoms. The van der Waals surface area contributed by atoms with Crippen LogP contribution in [0.3, 0.4) is 0 Å². The zero-order chi connectivity index (χ0) is 18.9.